The van der Waals surface area contributed by atoms with Gasteiger partial charge in [-0.2, -0.15) is 0 Å². The molecule has 1 heterocycles. The molecule has 0 unspecified atom stereocenters. The van der Waals surface area contributed by atoms with Crippen LogP contribution in [0.25, 0.3) is 6.08 Å². The van der Waals surface area contributed by atoms with Crippen molar-refractivity contribution in [3.63, 3.8) is 0 Å². The summed E-state index contributed by atoms with van der Waals surface area (Å²) < 4.78 is 29.2. The maximum Gasteiger partial charge on any atom is 0.233 e. The SMILES string of the molecule is O=S(=O)(/C=C/c1ccccc1)NC1CC(c2nnc(CO)n2C2CC2)C1. The highest BCUT2D eigenvalue weighted by Gasteiger charge is 2.39. The molecule has 1 aromatic carbocycles. The van der Waals surface area contributed by atoms with E-state index in [1.807, 2.05) is 34.9 Å². The first-order valence-corrected chi connectivity index (χ1v) is 10.4. The first-order valence-electron chi connectivity index (χ1n) is 8.86. The monoisotopic (exact) mass is 374 g/mol. The number of nitrogens with one attached hydrogen (secondary N) is 1. The Morgan fingerprint density at radius 1 is 1.19 bits per heavy atom. The van der Waals surface area contributed by atoms with Gasteiger partial charge in [0.1, 0.15) is 12.4 Å². The normalized spacial score (nSPS) is 23.3. The number of aliphatic hydroxyl groups excluding tert-OH is 1. The Bertz CT molecular complexity index is 898. The molecular weight excluding hydrogens is 352 g/mol. The van der Waals surface area contributed by atoms with Crippen LogP contribution in [-0.4, -0.2) is 34.3 Å². The van der Waals surface area contributed by atoms with E-state index in [1.165, 1.54) is 5.41 Å². The zero-order chi connectivity index (χ0) is 18.1. The Balaban J connectivity index is 1.37. The molecule has 0 bridgehead atoms. The molecule has 4 rings (SSSR count). The molecule has 1 aromatic heterocycles. The third-order valence-corrected chi connectivity index (χ3v) is 6.08. The molecule has 0 aliphatic heterocycles. The summed E-state index contributed by atoms with van der Waals surface area (Å²) in [5.41, 5.74) is 0.846. The molecule has 8 heteroatoms. The summed E-state index contributed by atoms with van der Waals surface area (Å²) in [6, 6.07) is 9.64. The predicted molar refractivity (Wildman–Crippen MR) is 97.5 cm³/mol. The highest BCUT2D eigenvalue weighted by atomic mass is 32.2. The third kappa shape index (κ3) is 3.72. The molecule has 0 radical (unpaired) electrons. The Morgan fingerprint density at radius 3 is 2.58 bits per heavy atom. The van der Waals surface area contributed by atoms with E-state index in [-0.39, 0.29) is 18.6 Å². The predicted octanol–water partition coefficient (Wildman–Crippen LogP) is 1.94. The summed E-state index contributed by atoms with van der Waals surface area (Å²) in [4.78, 5) is 0. The zero-order valence-corrected chi connectivity index (χ0v) is 15.1. The number of sulfonamides is 1. The van der Waals surface area contributed by atoms with Gasteiger partial charge >= 0.3 is 0 Å². The van der Waals surface area contributed by atoms with Gasteiger partial charge in [0.05, 0.1) is 0 Å². The average Bonchev–Trinajstić information content (AvgIpc) is 3.36. The van der Waals surface area contributed by atoms with E-state index >= 15 is 0 Å². The second-order valence-electron chi connectivity index (χ2n) is 6.98. The van der Waals surface area contributed by atoms with Gasteiger partial charge in [0.2, 0.25) is 10.0 Å². The molecule has 2 aromatic rings. The number of rotatable bonds is 7. The smallest absolute Gasteiger partial charge is 0.233 e. The standard InChI is InChI=1S/C18H22N4O3S/c23-12-17-19-20-18(22(17)16-6-7-16)14-10-15(11-14)21-26(24,25)9-8-13-4-2-1-3-5-13/h1-5,8-9,14-16,21,23H,6-7,10-12H2/b9-8+. The number of nitrogens with zero attached hydrogens (tertiary/aromatic N) is 3. The maximum absolute atomic E-state index is 12.2. The fraction of sp³-hybridized carbons (Fsp3) is 0.444. The van der Waals surface area contributed by atoms with Crippen LogP contribution < -0.4 is 4.72 Å². The number of hydrogen-bond acceptors (Lipinski definition) is 5. The number of aliphatic hydroxyl groups is 1. The molecule has 0 saturated heterocycles. The quantitative estimate of drug-likeness (QED) is 0.772. The van der Waals surface area contributed by atoms with Gasteiger partial charge in [0, 0.05) is 23.4 Å². The minimum Gasteiger partial charge on any atom is -0.388 e. The van der Waals surface area contributed by atoms with Crippen molar-refractivity contribution in [2.24, 2.45) is 0 Å². The fourth-order valence-electron chi connectivity index (χ4n) is 3.38. The van der Waals surface area contributed by atoms with Gasteiger partial charge in [0.15, 0.2) is 5.82 Å². The van der Waals surface area contributed by atoms with Crippen LogP contribution in [0.2, 0.25) is 0 Å². The molecule has 26 heavy (non-hydrogen) atoms. The zero-order valence-electron chi connectivity index (χ0n) is 14.3. The van der Waals surface area contributed by atoms with Crippen LogP contribution in [-0.2, 0) is 16.6 Å². The molecular formula is C18H22N4O3S. The lowest BCUT2D eigenvalue weighted by Crippen LogP contribution is -2.43. The van der Waals surface area contributed by atoms with Gasteiger partial charge in [-0.25, -0.2) is 13.1 Å². The molecule has 138 valence electrons. The van der Waals surface area contributed by atoms with Crippen LogP contribution >= 0.6 is 0 Å². The van der Waals surface area contributed by atoms with Gasteiger partial charge in [-0.1, -0.05) is 30.3 Å². The Morgan fingerprint density at radius 2 is 1.92 bits per heavy atom. The lowest BCUT2D eigenvalue weighted by molar-refractivity contribution is 0.261. The van der Waals surface area contributed by atoms with Crippen LogP contribution in [0, 0.1) is 0 Å². The lowest BCUT2D eigenvalue weighted by Gasteiger charge is -2.34. The van der Waals surface area contributed by atoms with Crippen molar-refractivity contribution >= 4 is 16.1 Å². The van der Waals surface area contributed by atoms with Crippen molar-refractivity contribution in [2.75, 3.05) is 0 Å². The summed E-state index contributed by atoms with van der Waals surface area (Å²) in [6.45, 7) is -0.115. The molecule has 0 amide bonds. The topological polar surface area (TPSA) is 97.1 Å². The summed E-state index contributed by atoms with van der Waals surface area (Å²) in [5.74, 6) is 1.68. The van der Waals surface area contributed by atoms with E-state index in [1.54, 1.807) is 6.08 Å². The van der Waals surface area contributed by atoms with Crippen LogP contribution in [0.5, 0.6) is 0 Å². The summed E-state index contributed by atoms with van der Waals surface area (Å²) in [5, 5.41) is 18.9. The first kappa shape index (κ1) is 17.4. The fourth-order valence-corrected chi connectivity index (χ4v) is 4.45. The molecule has 2 aliphatic rings. The third-order valence-electron chi connectivity index (χ3n) is 4.92. The van der Waals surface area contributed by atoms with Crippen LogP contribution in [0.4, 0.5) is 0 Å². The largest absolute Gasteiger partial charge is 0.388 e. The summed E-state index contributed by atoms with van der Waals surface area (Å²) in [7, 11) is -3.47. The Labute approximate surface area is 152 Å². The van der Waals surface area contributed by atoms with Crippen molar-refractivity contribution in [2.45, 2.75) is 50.3 Å². The Kier molecular flexibility index (Phi) is 4.64. The van der Waals surface area contributed by atoms with Crippen molar-refractivity contribution in [1.82, 2.24) is 19.5 Å². The van der Waals surface area contributed by atoms with E-state index in [2.05, 4.69) is 14.9 Å². The lowest BCUT2D eigenvalue weighted by atomic mass is 9.80. The van der Waals surface area contributed by atoms with Crippen molar-refractivity contribution in [3.05, 3.63) is 53.0 Å². The molecule has 7 nitrogen and oxygen atoms in total. The van der Waals surface area contributed by atoms with Crippen molar-refractivity contribution < 1.29 is 13.5 Å². The maximum atomic E-state index is 12.2. The minimum absolute atomic E-state index is 0.0904. The average molecular weight is 374 g/mol. The summed E-state index contributed by atoms with van der Waals surface area (Å²) >= 11 is 0. The van der Waals surface area contributed by atoms with E-state index in [0.717, 1.165) is 24.2 Å². The number of aromatic nitrogens is 3. The van der Waals surface area contributed by atoms with Gasteiger partial charge in [0.25, 0.3) is 0 Å². The van der Waals surface area contributed by atoms with Crippen LogP contribution in [0.1, 0.15) is 54.9 Å². The number of benzene rings is 1. The molecule has 0 atom stereocenters. The van der Waals surface area contributed by atoms with Crippen molar-refractivity contribution in [1.29, 1.82) is 0 Å². The number of hydrogen-bond donors (Lipinski definition) is 2. The second-order valence-corrected chi connectivity index (χ2v) is 8.57. The summed E-state index contributed by atoms with van der Waals surface area (Å²) in [6.07, 6.45) is 5.18. The first-order chi connectivity index (χ1) is 12.6. The molecule has 2 fully saturated rings. The molecule has 2 aliphatic carbocycles. The molecule has 2 N–H and O–H groups in total. The second kappa shape index (κ2) is 6.94. The molecule has 2 saturated carbocycles. The Hall–Kier alpha value is -2.03. The van der Waals surface area contributed by atoms with Crippen LogP contribution in [0.15, 0.2) is 35.7 Å². The minimum atomic E-state index is -3.47. The van der Waals surface area contributed by atoms with Gasteiger partial charge in [-0.3, -0.25) is 0 Å². The van der Waals surface area contributed by atoms with Gasteiger partial charge < -0.3 is 9.67 Å². The highest BCUT2D eigenvalue weighted by Crippen LogP contribution is 2.42. The van der Waals surface area contributed by atoms with Crippen LogP contribution in [0.3, 0.4) is 0 Å². The highest BCUT2D eigenvalue weighted by molar-refractivity contribution is 7.92. The van der Waals surface area contributed by atoms with E-state index in [9.17, 15) is 13.5 Å². The van der Waals surface area contributed by atoms with E-state index in [4.69, 9.17) is 0 Å². The van der Waals surface area contributed by atoms with E-state index in [0.29, 0.717) is 24.7 Å². The van der Waals surface area contributed by atoms with E-state index < -0.39 is 10.0 Å². The molecule has 0 spiro atoms. The van der Waals surface area contributed by atoms with Crippen molar-refractivity contribution in [3.8, 4) is 0 Å². The van der Waals surface area contributed by atoms with Gasteiger partial charge in [-0.05, 0) is 37.3 Å². The van der Waals surface area contributed by atoms with Gasteiger partial charge in [-0.15, -0.1) is 10.2 Å².